The lowest BCUT2D eigenvalue weighted by Crippen LogP contribution is -2.52. The summed E-state index contributed by atoms with van der Waals surface area (Å²) in [5.74, 6) is 0.157. The van der Waals surface area contributed by atoms with E-state index in [2.05, 4.69) is 15.5 Å². The number of piperazine rings is 1. The molecule has 2 N–H and O–H groups in total. The molecule has 2 aliphatic heterocycles. The number of halogens is 2. The number of nitrogens with zero attached hydrogens (tertiary/aromatic N) is 2. The highest BCUT2D eigenvalue weighted by atomic mass is 35.5. The molecule has 164 valence electrons. The second-order valence-corrected chi connectivity index (χ2v) is 7.38. The van der Waals surface area contributed by atoms with Gasteiger partial charge >= 0.3 is 0 Å². The summed E-state index contributed by atoms with van der Waals surface area (Å²) in [4.78, 5) is 28.8. The van der Waals surface area contributed by atoms with Gasteiger partial charge in [-0.2, -0.15) is 0 Å². The van der Waals surface area contributed by atoms with Gasteiger partial charge < -0.3 is 20.3 Å². The largest absolute Gasteiger partial charge is 0.378 e. The van der Waals surface area contributed by atoms with Crippen LogP contribution in [0.4, 0.5) is 5.69 Å². The molecule has 1 unspecified atom stereocenters. The van der Waals surface area contributed by atoms with Crippen LogP contribution in [0.25, 0.3) is 0 Å². The van der Waals surface area contributed by atoms with Crippen molar-refractivity contribution in [1.29, 1.82) is 0 Å². The molecule has 0 aliphatic carbocycles. The predicted molar refractivity (Wildman–Crippen MR) is 119 cm³/mol. The number of carbonyl (C=O) groups excluding carboxylic acids is 2. The molecule has 1 atom stereocenters. The highest BCUT2D eigenvalue weighted by Gasteiger charge is 2.25. The number of amides is 2. The van der Waals surface area contributed by atoms with E-state index in [1.807, 2.05) is 36.9 Å². The van der Waals surface area contributed by atoms with Crippen molar-refractivity contribution in [2.24, 2.45) is 0 Å². The number of benzene rings is 1. The number of hydrogen-bond acceptors (Lipinski definition) is 5. The molecule has 2 aliphatic rings. The predicted octanol–water partition coefficient (Wildman–Crippen LogP) is 1.61. The lowest BCUT2D eigenvalue weighted by atomic mass is 10.1. The Hall–Kier alpha value is -1.38. The van der Waals surface area contributed by atoms with Gasteiger partial charge in [-0.15, -0.1) is 24.8 Å². The van der Waals surface area contributed by atoms with Gasteiger partial charge in [0.25, 0.3) is 0 Å². The molecular formula is C20H32Cl2N4O3. The molecule has 2 fully saturated rings. The third kappa shape index (κ3) is 7.42. The molecular weight excluding hydrogens is 415 g/mol. The average molecular weight is 447 g/mol. The SMILES string of the molecule is Cc1cccc(NC(=O)CN2CCN(C(=O)CC3COCCN3)CC2)c1C.Cl.Cl. The summed E-state index contributed by atoms with van der Waals surface area (Å²) in [6.07, 6.45) is 0.479. The lowest BCUT2D eigenvalue weighted by molar-refractivity contribution is -0.134. The van der Waals surface area contributed by atoms with Crippen LogP contribution in [0, 0.1) is 13.8 Å². The first-order chi connectivity index (χ1) is 13.0. The van der Waals surface area contributed by atoms with Crippen LogP contribution in [0.5, 0.6) is 0 Å². The molecule has 2 saturated heterocycles. The van der Waals surface area contributed by atoms with E-state index in [9.17, 15) is 9.59 Å². The van der Waals surface area contributed by atoms with Crippen LogP contribution in [0.1, 0.15) is 17.5 Å². The van der Waals surface area contributed by atoms with Gasteiger partial charge in [-0.05, 0) is 31.0 Å². The number of ether oxygens (including phenoxy) is 1. The Balaban J connectivity index is 0.00000210. The fourth-order valence-corrected chi connectivity index (χ4v) is 3.53. The summed E-state index contributed by atoms with van der Waals surface area (Å²) >= 11 is 0. The summed E-state index contributed by atoms with van der Waals surface area (Å²) in [6.45, 7) is 9.32. The second kappa shape index (κ2) is 12.3. The van der Waals surface area contributed by atoms with E-state index >= 15 is 0 Å². The van der Waals surface area contributed by atoms with Crippen molar-refractivity contribution in [2.45, 2.75) is 26.3 Å². The average Bonchev–Trinajstić information content (AvgIpc) is 2.67. The smallest absolute Gasteiger partial charge is 0.238 e. The molecule has 1 aromatic rings. The van der Waals surface area contributed by atoms with Crippen LogP contribution in [0.15, 0.2) is 18.2 Å². The number of hydrogen-bond donors (Lipinski definition) is 2. The number of anilines is 1. The molecule has 0 saturated carbocycles. The van der Waals surface area contributed by atoms with Crippen molar-refractivity contribution in [1.82, 2.24) is 15.1 Å². The third-order valence-corrected chi connectivity index (χ3v) is 5.39. The second-order valence-electron chi connectivity index (χ2n) is 7.38. The molecule has 2 heterocycles. The van der Waals surface area contributed by atoms with Gasteiger partial charge in [-0.25, -0.2) is 0 Å². The molecule has 2 amide bonds. The van der Waals surface area contributed by atoms with Gasteiger partial charge in [-0.1, -0.05) is 12.1 Å². The molecule has 29 heavy (non-hydrogen) atoms. The van der Waals surface area contributed by atoms with Crippen molar-refractivity contribution < 1.29 is 14.3 Å². The maximum atomic E-state index is 12.4. The van der Waals surface area contributed by atoms with E-state index in [-0.39, 0.29) is 42.7 Å². The van der Waals surface area contributed by atoms with Gasteiger partial charge in [0, 0.05) is 50.9 Å². The molecule has 0 bridgehead atoms. The van der Waals surface area contributed by atoms with Gasteiger partial charge in [0.1, 0.15) is 0 Å². The van der Waals surface area contributed by atoms with Crippen molar-refractivity contribution in [3.8, 4) is 0 Å². The first kappa shape index (κ1) is 25.7. The van der Waals surface area contributed by atoms with E-state index in [0.717, 1.165) is 36.4 Å². The van der Waals surface area contributed by atoms with Gasteiger partial charge in [0.05, 0.1) is 19.8 Å². The number of morpholine rings is 1. The number of rotatable bonds is 5. The summed E-state index contributed by atoms with van der Waals surface area (Å²) < 4.78 is 5.41. The van der Waals surface area contributed by atoms with Crippen molar-refractivity contribution >= 4 is 42.3 Å². The number of carbonyl (C=O) groups is 2. The van der Waals surface area contributed by atoms with E-state index in [1.165, 1.54) is 0 Å². The molecule has 3 rings (SSSR count). The Labute approximate surface area is 185 Å². The fraction of sp³-hybridized carbons (Fsp3) is 0.600. The van der Waals surface area contributed by atoms with Crippen LogP contribution in [-0.4, -0.2) is 80.1 Å². The fourth-order valence-electron chi connectivity index (χ4n) is 3.53. The van der Waals surface area contributed by atoms with E-state index < -0.39 is 0 Å². The zero-order valence-electron chi connectivity index (χ0n) is 17.1. The summed E-state index contributed by atoms with van der Waals surface area (Å²) in [7, 11) is 0. The van der Waals surface area contributed by atoms with Crippen LogP contribution in [0.2, 0.25) is 0 Å². The Morgan fingerprint density at radius 1 is 1.17 bits per heavy atom. The van der Waals surface area contributed by atoms with Gasteiger partial charge in [0.15, 0.2) is 0 Å². The first-order valence-electron chi connectivity index (χ1n) is 9.70. The van der Waals surface area contributed by atoms with Crippen LogP contribution in [-0.2, 0) is 14.3 Å². The number of nitrogens with one attached hydrogen (secondary N) is 2. The normalized spacial score (nSPS) is 19.7. The Morgan fingerprint density at radius 2 is 1.90 bits per heavy atom. The first-order valence-corrected chi connectivity index (χ1v) is 9.70. The van der Waals surface area contributed by atoms with Crippen LogP contribution in [0.3, 0.4) is 0 Å². The minimum atomic E-state index is -0.00738. The maximum absolute atomic E-state index is 12.4. The lowest BCUT2D eigenvalue weighted by Gasteiger charge is -2.35. The van der Waals surface area contributed by atoms with E-state index in [1.54, 1.807) is 0 Å². The zero-order valence-corrected chi connectivity index (χ0v) is 18.7. The van der Waals surface area contributed by atoms with Crippen LogP contribution >= 0.6 is 24.8 Å². The molecule has 7 nitrogen and oxygen atoms in total. The molecule has 9 heteroatoms. The van der Waals surface area contributed by atoms with Gasteiger partial charge in [0.2, 0.25) is 11.8 Å². The molecule has 1 aromatic carbocycles. The summed E-state index contributed by atoms with van der Waals surface area (Å²) in [5, 5.41) is 6.32. The zero-order chi connectivity index (χ0) is 19.2. The third-order valence-electron chi connectivity index (χ3n) is 5.39. The minimum absolute atomic E-state index is 0. The molecule has 0 spiro atoms. The highest BCUT2D eigenvalue weighted by Crippen LogP contribution is 2.18. The quantitative estimate of drug-likeness (QED) is 0.718. The molecule has 0 radical (unpaired) electrons. The van der Waals surface area contributed by atoms with Crippen LogP contribution < -0.4 is 10.6 Å². The van der Waals surface area contributed by atoms with Crippen molar-refractivity contribution in [3.05, 3.63) is 29.3 Å². The standard InChI is InChI=1S/C20H30N4O3.2ClH/c1-15-4-3-5-18(16(15)2)22-19(25)13-23-7-9-24(10-8-23)20(26)12-17-14-27-11-6-21-17;;/h3-5,17,21H,6-14H2,1-2H3,(H,22,25);2*1H. The Bertz CT molecular complexity index is 676. The monoisotopic (exact) mass is 446 g/mol. The maximum Gasteiger partial charge on any atom is 0.238 e. The molecule has 0 aromatic heterocycles. The summed E-state index contributed by atoms with van der Waals surface area (Å²) in [6, 6.07) is 6.04. The number of aryl methyl sites for hydroxylation is 1. The highest BCUT2D eigenvalue weighted by molar-refractivity contribution is 5.93. The van der Waals surface area contributed by atoms with E-state index in [0.29, 0.717) is 39.3 Å². The van der Waals surface area contributed by atoms with E-state index in [4.69, 9.17) is 4.74 Å². The van der Waals surface area contributed by atoms with Gasteiger partial charge in [-0.3, -0.25) is 14.5 Å². The minimum Gasteiger partial charge on any atom is -0.378 e. The Morgan fingerprint density at radius 3 is 2.55 bits per heavy atom. The topological polar surface area (TPSA) is 73.9 Å². The van der Waals surface area contributed by atoms with Crippen molar-refractivity contribution in [3.63, 3.8) is 0 Å². The van der Waals surface area contributed by atoms with Crippen molar-refractivity contribution in [2.75, 3.05) is 57.8 Å². The Kier molecular flexibility index (Phi) is 10.9. The summed E-state index contributed by atoms with van der Waals surface area (Å²) in [5.41, 5.74) is 3.13.